The summed E-state index contributed by atoms with van der Waals surface area (Å²) >= 11 is 2.67. The van der Waals surface area contributed by atoms with Crippen LogP contribution in [0.25, 0.3) is 0 Å². The van der Waals surface area contributed by atoms with Crippen LogP contribution in [-0.4, -0.2) is 34.2 Å². The zero-order valence-electron chi connectivity index (χ0n) is 10.7. The number of hydrogen-bond acceptors (Lipinski definition) is 5. The van der Waals surface area contributed by atoms with E-state index < -0.39 is 41.6 Å². The van der Waals surface area contributed by atoms with E-state index in [1.807, 2.05) is 0 Å². The predicted octanol–water partition coefficient (Wildman–Crippen LogP) is 2.85. The van der Waals surface area contributed by atoms with Gasteiger partial charge in [0.05, 0.1) is 6.61 Å². The second-order valence-electron chi connectivity index (χ2n) is 3.63. The molecule has 0 heterocycles. The molecule has 10 heteroatoms. The molecule has 0 N–H and O–H groups in total. The molecule has 118 valence electrons. The standard InChI is InChI=1S/C11H10BrClF2O5S/c1-2-19-3-4-20-11(16)8-7(14)5-6(12)10(9(8)15)21(13,17)18/h5H,2-4H2,1H3. The van der Waals surface area contributed by atoms with Crippen LogP contribution in [0.5, 0.6) is 0 Å². The second-order valence-corrected chi connectivity index (χ2v) is 6.99. The van der Waals surface area contributed by atoms with Gasteiger partial charge in [0.15, 0.2) is 5.82 Å². The highest BCUT2D eigenvalue weighted by molar-refractivity contribution is 9.10. The van der Waals surface area contributed by atoms with E-state index in [1.165, 1.54) is 0 Å². The van der Waals surface area contributed by atoms with Crippen molar-refractivity contribution in [2.45, 2.75) is 11.8 Å². The van der Waals surface area contributed by atoms with Crippen molar-refractivity contribution in [2.75, 3.05) is 19.8 Å². The molecule has 1 rings (SSSR count). The van der Waals surface area contributed by atoms with Gasteiger partial charge >= 0.3 is 5.97 Å². The Balaban J connectivity index is 3.16. The molecule has 0 bridgehead atoms. The van der Waals surface area contributed by atoms with Gasteiger partial charge in [0.2, 0.25) is 0 Å². The van der Waals surface area contributed by atoms with E-state index in [2.05, 4.69) is 20.7 Å². The van der Waals surface area contributed by atoms with Crippen molar-refractivity contribution < 1.29 is 31.5 Å². The Bertz CT molecular complexity index is 651. The van der Waals surface area contributed by atoms with Crippen molar-refractivity contribution in [1.29, 1.82) is 0 Å². The van der Waals surface area contributed by atoms with Crippen LogP contribution < -0.4 is 0 Å². The van der Waals surface area contributed by atoms with E-state index in [9.17, 15) is 22.0 Å². The molecule has 0 unspecified atom stereocenters. The average molecular weight is 408 g/mol. The molecule has 0 spiro atoms. The lowest BCUT2D eigenvalue weighted by Crippen LogP contribution is -2.16. The first-order valence-corrected chi connectivity index (χ1v) is 8.67. The predicted molar refractivity (Wildman–Crippen MR) is 73.9 cm³/mol. The lowest BCUT2D eigenvalue weighted by Gasteiger charge is -2.10. The zero-order chi connectivity index (χ0) is 16.2. The molecular weight excluding hydrogens is 398 g/mol. The average Bonchev–Trinajstić information content (AvgIpc) is 2.32. The van der Waals surface area contributed by atoms with E-state index >= 15 is 0 Å². The Morgan fingerprint density at radius 2 is 2.00 bits per heavy atom. The lowest BCUT2D eigenvalue weighted by atomic mass is 10.2. The number of carbonyl (C=O) groups is 1. The first-order chi connectivity index (χ1) is 9.70. The third-order valence-corrected chi connectivity index (χ3v) is 4.48. The number of hydrogen-bond donors (Lipinski definition) is 0. The Kier molecular flexibility index (Phi) is 6.51. The number of ether oxygens (including phenoxy) is 2. The van der Waals surface area contributed by atoms with Crippen LogP contribution in [0, 0.1) is 11.6 Å². The maximum atomic E-state index is 14.1. The van der Waals surface area contributed by atoms with Crippen LogP contribution in [0.3, 0.4) is 0 Å². The molecule has 0 aliphatic carbocycles. The van der Waals surface area contributed by atoms with Crippen LogP contribution in [-0.2, 0) is 18.5 Å². The Morgan fingerprint density at radius 1 is 1.38 bits per heavy atom. The zero-order valence-corrected chi connectivity index (χ0v) is 13.8. The van der Waals surface area contributed by atoms with Crippen molar-refractivity contribution in [1.82, 2.24) is 0 Å². The highest BCUT2D eigenvalue weighted by Crippen LogP contribution is 2.32. The molecule has 0 atom stereocenters. The molecule has 0 saturated heterocycles. The van der Waals surface area contributed by atoms with Gasteiger partial charge in [0.25, 0.3) is 9.05 Å². The van der Waals surface area contributed by atoms with Gasteiger partial charge in [-0.15, -0.1) is 0 Å². The minimum Gasteiger partial charge on any atom is -0.459 e. The van der Waals surface area contributed by atoms with Crippen LogP contribution in [0.4, 0.5) is 8.78 Å². The maximum Gasteiger partial charge on any atom is 0.344 e. The van der Waals surface area contributed by atoms with E-state index in [0.717, 1.165) is 0 Å². The molecule has 0 aromatic heterocycles. The van der Waals surface area contributed by atoms with Crippen molar-refractivity contribution in [2.24, 2.45) is 0 Å². The van der Waals surface area contributed by atoms with Gasteiger partial charge < -0.3 is 9.47 Å². The van der Waals surface area contributed by atoms with Crippen molar-refractivity contribution in [3.8, 4) is 0 Å². The summed E-state index contributed by atoms with van der Waals surface area (Å²) in [5, 5.41) is 0. The van der Waals surface area contributed by atoms with E-state index in [1.54, 1.807) is 6.92 Å². The highest BCUT2D eigenvalue weighted by atomic mass is 79.9. The fraction of sp³-hybridized carbons (Fsp3) is 0.364. The molecule has 0 saturated carbocycles. The minimum absolute atomic E-state index is 0.0443. The Labute approximate surface area is 132 Å². The normalized spacial score (nSPS) is 11.5. The van der Waals surface area contributed by atoms with Crippen molar-refractivity contribution >= 4 is 41.6 Å². The summed E-state index contributed by atoms with van der Waals surface area (Å²) in [6, 6.07) is 0.622. The maximum absolute atomic E-state index is 14.1. The number of carbonyl (C=O) groups excluding carboxylic acids is 1. The molecule has 1 aromatic carbocycles. The lowest BCUT2D eigenvalue weighted by molar-refractivity contribution is 0.0325. The molecule has 0 amide bonds. The third-order valence-electron chi connectivity index (χ3n) is 2.24. The first-order valence-electron chi connectivity index (χ1n) is 5.57. The summed E-state index contributed by atoms with van der Waals surface area (Å²) in [5.41, 5.74) is -1.13. The quantitative estimate of drug-likeness (QED) is 0.412. The largest absolute Gasteiger partial charge is 0.459 e. The Hall–Kier alpha value is -0.770. The molecule has 0 aliphatic rings. The van der Waals surface area contributed by atoms with E-state index in [-0.39, 0.29) is 13.2 Å². The highest BCUT2D eigenvalue weighted by Gasteiger charge is 2.30. The van der Waals surface area contributed by atoms with E-state index in [4.69, 9.17) is 15.4 Å². The Morgan fingerprint density at radius 3 is 2.52 bits per heavy atom. The minimum atomic E-state index is -4.51. The monoisotopic (exact) mass is 406 g/mol. The summed E-state index contributed by atoms with van der Waals surface area (Å²) in [4.78, 5) is 10.6. The number of halogens is 4. The number of benzene rings is 1. The van der Waals surface area contributed by atoms with Gasteiger partial charge in [-0.05, 0) is 28.9 Å². The molecule has 21 heavy (non-hydrogen) atoms. The van der Waals surface area contributed by atoms with Crippen LogP contribution >= 0.6 is 26.6 Å². The summed E-state index contributed by atoms with van der Waals surface area (Å²) in [6.07, 6.45) is 0. The molecule has 0 radical (unpaired) electrons. The van der Waals surface area contributed by atoms with Crippen LogP contribution in [0.1, 0.15) is 17.3 Å². The molecular formula is C11H10BrClF2O5S. The van der Waals surface area contributed by atoms with Gasteiger partial charge in [0.1, 0.15) is 22.9 Å². The number of esters is 1. The summed E-state index contributed by atoms with van der Waals surface area (Å²) in [6.45, 7) is 1.91. The molecule has 1 aromatic rings. The van der Waals surface area contributed by atoms with Crippen molar-refractivity contribution in [3.63, 3.8) is 0 Å². The van der Waals surface area contributed by atoms with Crippen molar-refractivity contribution in [3.05, 3.63) is 27.7 Å². The number of rotatable bonds is 6. The third kappa shape index (κ3) is 4.60. The van der Waals surface area contributed by atoms with Gasteiger partial charge in [-0.3, -0.25) is 0 Å². The molecule has 5 nitrogen and oxygen atoms in total. The summed E-state index contributed by atoms with van der Waals surface area (Å²) in [7, 11) is 0.537. The van der Waals surface area contributed by atoms with Gasteiger partial charge in [-0.2, -0.15) is 0 Å². The second kappa shape index (κ2) is 7.48. The van der Waals surface area contributed by atoms with Gasteiger partial charge in [0, 0.05) is 21.8 Å². The fourth-order valence-corrected chi connectivity index (χ4v) is 3.75. The fourth-order valence-electron chi connectivity index (χ4n) is 1.39. The van der Waals surface area contributed by atoms with Crippen LogP contribution in [0.15, 0.2) is 15.4 Å². The van der Waals surface area contributed by atoms with Crippen LogP contribution in [0.2, 0.25) is 0 Å². The topological polar surface area (TPSA) is 69.7 Å². The van der Waals surface area contributed by atoms with Gasteiger partial charge in [-0.1, -0.05) is 0 Å². The SMILES string of the molecule is CCOCCOC(=O)c1c(F)cc(Br)c(S(=O)(=O)Cl)c1F. The smallest absolute Gasteiger partial charge is 0.344 e. The van der Waals surface area contributed by atoms with E-state index in [0.29, 0.717) is 12.7 Å². The molecule has 0 fully saturated rings. The van der Waals surface area contributed by atoms with Gasteiger partial charge in [-0.25, -0.2) is 22.0 Å². The first kappa shape index (κ1) is 18.3. The summed E-state index contributed by atoms with van der Waals surface area (Å²) in [5.74, 6) is -4.23. The molecule has 0 aliphatic heterocycles. The summed E-state index contributed by atoms with van der Waals surface area (Å²) < 4.78 is 59.3.